The number of ether oxygens (including phenoxy) is 4. The van der Waals surface area contributed by atoms with Crippen LogP contribution in [0.15, 0.2) is 72.9 Å². The number of rotatable bonds is 8. The zero-order chi connectivity index (χ0) is 25.1. The van der Waals surface area contributed by atoms with Crippen LogP contribution in [0, 0.1) is 25.2 Å². The number of hydrogen-bond donors (Lipinski definition) is 0. The highest BCUT2D eigenvalue weighted by Crippen LogP contribution is 2.38. The van der Waals surface area contributed by atoms with E-state index in [1.165, 1.54) is 11.1 Å². The first kappa shape index (κ1) is 23.8. The molecule has 0 radical (unpaired) electrons. The number of fused-ring (bicyclic) bond motifs is 1. The number of aromatic nitrogens is 1. The number of methoxy groups -OCH3 is 1. The van der Waals surface area contributed by atoms with Gasteiger partial charge in [-0.15, -0.1) is 0 Å². The van der Waals surface area contributed by atoms with Crippen LogP contribution < -0.4 is 14.2 Å². The van der Waals surface area contributed by atoms with E-state index in [0.717, 1.165) is 33.7 Å². The Morgan fingerprint density at radius 3 is 2.33 bits per heavy atom. The molecule has 1 aromatic heterocycles. The van der Waals surface area contributed by atoms with Crippen molar-refractivity contribution in [1.82, 2.24) is 4.57 Å². The molecule has 3 atom stereocenters. The molecule has 0 unspecified atom stereocenters. The van der Waals surface area contributed by atoms with Gasteiger partial charge in [0, 0.05) is 18.0 Å². The normalized spacial score (nSPS) is 19.2. The third-order valence-electron chi connectivity index (χ3n) is 6.62. The summed E-state index contributed by atoms with van der Waals surface area (Å²) in [7, 11) is 1.65. The van der Waals surface area contributed by atoms with Crippen molar-refractivity contribution in [1.29, 1.82) is 5.26 Å². The van der Waals surface area contributed by atoms with Crippen LogP contribution in [0.25, 0.3) is 10.9 Å². The number of nitriles is 1. The number of nitrogens with zero attached hydrogens (tertiary/aromatic N) is 2. The molecular weight excluding hydrogens is 452 g/mol. The molecular formula is C30H30N2O4. The Kier molecular flexibility index (Phi) is 6.84. The van der Waals surface area contributed by atoms with Gasteiger partial charge in [0.1, 0.15) is 42.3 Å². The second-order valence-electron chi connectivity index (χ2n) is 9.21. The van der Waals surface area contributed by atoms with E-state index in [2.05, 4.69) is 24.5 Å². The summed E-state index contributed by atoms with van der Waals surface area (Å²) in [4.78, 5) is 0. The first-order chi connectivity index (χ1) is 17.6. The predicted molar refractivity (Wildman–Crippen MR) is 139 cm³/mol. The molecule has 1 aliphatic rings. The van der Waals surface area contributed by atoms with E-state index in [1.807, 2.05) is 72.9 Å². The highest BCUT2D eigenvalue weighted by Gasteiger charge is 2.39. The molecule has 1 fully saturated rings. The van der Waals surface area contributed by atoms with Gasteiger partial charge in [-0.25, -0.2) is 0 Å². The van der Waals surface area contributed by atoms with Gasteiger partial charge < -0.3 is 23.5 Å². The van der Waals surface area contributed by atoms with E-state index >= 15 is 0 Å². The second-order valence-corrected chi connectivity index (χ2v) is 9.21. The maximum absolute atomic E-state index is 9.41. The fraction of sp³-hybridized carbons (Fsp3) is 0.300. The maximum atomic E-state index is 9.41. The smallest absolute Gasteiger partial charge is 0.138 e. The minimum Gasteiger partial charge on any atom is -0.496 e. The van der Waals surface area contributed by atoms with Crippen LogP contribution in [0.4, 0.5) is 0 Å². The van der Waals surface area contributed by atoms with E-state index in [1.54, 1.807) is 7.11 Å². The monoisotopic (exact) mass is 482 g/mol. The number of benzene rings is 3. The molecule has 0 amide bonds. The zero-order valence-corrected chi connectivity index (χ0v) is 20.8. The van der Waals surface area contributed by atoms with Gasteiger partial charge in [-0.05, 0) is 55.8 Å². The van der Waals surface area contributed by atoms with Crippen LogP contribution in [0.2, 0.25) is 0 Å². The summed E-state index contributed by atoms with van der Waals surface area (Å²) < 4.78 is 26.8. The highest BCUT2D eigenvalue weighted by molar-refractivity contribution is 5.90. The molecule has 5 rings (SSSR count). The molecule has 0 aliphatic carbocycles. The summed E-state index contributed by atoms with van der Waals surface area (Å²) in [6, 6.07) is 24.3. The average Bonchev–Trinajstić information content (AvgIpc) is 3.46. The van der Waals surface area contributed by atoms with E-state index in [9.17, 15) is 5.26 Å². The Hall–Kier alpha value is -3.95. The van der Waals surface area contributed by atoms with Gasteiger partial charge in [0.15, 0.2) is 0 Å². The van der Waals surface area contributed by atoms with E-state index < -0.39 is 0 Å². The molecule has 0 N–H and O–H groups in total. The molecule has 3 aromatic carbocycles. The Labute approximate surface area is 211 Å². The number of aryl methyl sites for hydroxylation is 2. The molecule has 0 spiro atoms. The van der Waals surface area contributed by atoms with Crippen molar-refractivity contribution in [2.24, 2.45) is 0 Å². The number of hydrogen-bond acceptors (Lipinski definition) is 5. The molecule has 1 aliphatic heterocycles. The summed E-state index contributed by atoms with van der Waals surface area (Å²) in [5, 5.41) is 10.4. The first-order valence-electron chi connectivity index (χ1n) is 12.2. The minimum atomic E-state index is -0.278. The fourth-order valence-corrected chi connectivity index (χ4v) is 4.74. The first-order valence-corrected chi connectivity index (χ1v) is 12.2. The molecule has 36 heavy (non-hydrogen) atoms. The summed E-state index contributed by atoms with van der Waals surface area (Å²) in [6.45, 7) is 4.47. The van der Waals surface area contributed by atoms with E-state index in [-0.39, 0.29) is 18.4 Å². The van der Waals surface area contributed by atoms with Crippen molar-refractivity contribution in [3.8, 4) is 23.3 Å². The lowest BCUT2D eigenvalue weighted by molar-refractivity contribution is -0.0338. The summed E-state index contributed by atoms with van der Waals surface area (Å²) in [5.41, 5.74) is 4.26. The quantitative estimate of drug-likeness (QED) is 0.301. The third-order valence-corrected chi connectivity index (χ3v) is 6.62. The summed E-state index contributed by atoms with van der Waals surface area (Å²) in [5.74, 6) is 2.36. The van der Waals surface area contributed by atoms with Gasteiger partial charge in [0.2, 0.25) is 0 Å². The van der Waals surface area contributed by atoms with Crippen LogP contribution in [-0.4, -0.2) is 30.5 Å². The minimum absolute atomic E-state index is 0.203. The zero-order valence-electron chi connectivity index (χ0n) is 20.8. The topological polar surface area (TPSA) is 65.6 Å². The Balaban J connectivity index is 1.44. The maximum Gasteiger partial charge on any atom is 0.138 e. The van der Waals surface area contributed by atoms with Gasteiger partial charge in [-0.2, -0.15) is 5.26 Å². The molecule has 1 saturated heterocycles. The van der Waals surface area contributed by atoms with Crippen LogP contribution >= 0.6 is 0 Å². The van der Waals surface area contributed by atoms with Gasteiger partial charge in [-0.3, -0.25) is 0 Å². The van der Waals surface area contributed by atoms with Crippen molar-refractivity contribution < 1.29 is 18.9 Å². The van der Waals surface area contributed by atoms with Crippen molar-refractivity contribution >= 4 is 10.9 Å². The third kappa shape index (κ3) is 4.89. The van der Waals surface area contributed by atoms with Crippen molar-refractivity contribution in [3.05, 3.63) is 89.6 Å². The van der Waals surface area contributed by atoms with E-state index in [4.69, 9.17) is 18.9 Å². The second kappa shape index (κ2) is 10.3. The fourth-order valence-electron chi connectivity index (χ4n) is 4.74. The van der Waals surface area contributed by atoms with Crippen molar-refractivity contribution in [2.45, 2.75) is 45.1 Å². The highest BCUT2D eigenvalue weighted by atomic mass is 16.6. The van der Waals surface area contributed by atoms with Gasteiger partial charge >= 0.3 is 0 Å². The molecule has 4 aromatic rings. The Bertz CT molecular complexity index is 1370. The molecule has 184 valence electrons. The summed E-state index contributed by atoms with van der Waals surface area (Å²) >= 11 is 0. The van der Waals surface area contributed by atoms with Crippen LogP contribution in [-0.2, 0) is 11.2 Å². The molecule has 6 heteroatoms. The standard InChI is InChI=1S/C30H30N2O4/c1-20-7-11-23(12-8-20)34-19-28-27(35-24-13-9-21(2)10-14-24)17-29(36-28)32-18-22(15-16-31)30-25(32)5-4-6-26(30)33-3/h4-14,18,27-29H,15,17,19H2,1-3H3/t27-,28+,29+/m0/s1. The van der Waals surface area contributed by atoms with Gasteiger partial charge in [0.05, 0.1) is 25.1 Å². The van der Waals surface area contributed by atoms with Gasteiger partial charge in [0.25, 0.3) is 0 Å². The largest absolute Gasteiger partial charge is 0.496 e. The Morgan fingerprint density at radius 2 is 1.67 bits per heavy atom. The van der Waals surface area contributed by atoms with Crippen molar-refractivity contribution in [2.75, 3.05) is 13.7 Å². The predicted octanol–water partition coefficient (Wildman–Crippen LogP) is 6.15. The average molecular weight is 483 g/mol. The van der Waals surface area contributed by atoms with Crippen molar-refractivity contribution in [3.63, 3.8) is 0 Å². The molecule has 2 heterocycles. The van der Waals surface area contributed by atoms with Crippen LogP contribution in [0.5, 0.6) is 17.2 Å². The molecule has 0 bridgehead atoms. The van der Waals surface area contributed by atoms with E-state index in [0.29, 0.717) is 19.4 Å². The molecule has 0 saturated carbocycles. The molecule has 6 nitrogen and oxygen atoms in total. The lowest BCUT2D eigenvalue weighted by atomic mass is 10.1. The SMILES string of the molecule is COc1cccc2c1c(CC#N)cn2[C@H]1C[C@H](Oc2ccc(C)cc2)[C@@H](COc2ccc(C)cc2)O1. The summed E-state index contributed by atoms with van der Waals surface area (Å²) in [6.07, 6.45) is 2.19. The lowest BCUT2D eigenvalue weighted by Gasteiger charge is -2.20. The lowest BCUT2D eigenvalue weighted by Crippen LogP contribution is -2.32. The van der Waals surface area contributed by atoms with Crippen LogP contribution in [0.3, 0.4) is 0 Å². The van der Waals surface area contributed by atoms with Gasteiger partial charge in [-0.1, -0.05) is 41.5 Å². The van der Waals surface area contributed by atoms with Crippen LogP contribution in [0.1, 0.15) is 29.3 Å². The Morgan fingerprint density at radius 1 is 0.972 bits per heavy atom.